The lowest BCUT2D eigenvalue weighted by atomic mass is 10.0. The van der Waals surface area contributed by atoms with Crippen molar-refractivity contribution in [3.8, 4) is 11.5 Å². The van der Waals surface area contributed by atoms with E-state index in [1.807, 2.05) is 4.90 Å². The molecule has 1 aromatic carbocycles. The molecule has 130 valence electrons. The van der Waals surface area contributed by atoms with Crippen LogP contribution in [-0.4, -0.2) is 49.2 Å². The second-order valence-electron chi connectivity index (χ2n) is 6.11. The highest BCUT2D eigenvalue weighted by Crippen LogP contribution is 2.31. The average Bonchev–Trinajstić information content (AvgIpc) is 2.84. The van der Waals surface area contributed by atoms with Gasteiger partial charge in [0.15, 0.2) is 11.5 Å². The quantitative estimate of drug-likeness (QED) is 0.877. The molecule has 3 N–H and O–H groups in total. The van der Waals surface area contributed by atoms with Crippen LogP contribution in [0.5, 0.6) is 11.5 Å². The predicted octanol–water partition coefficient (Wildman–Crippen LogP) is 1.51. The van der Waals surface area contributed by atoms with E-state index >= 15 is 0 Å². The first-order valence-electron chi connectivity index (χ1n) is 8.39. The highest BCUT2D eigenvalue weighted by atomic mass is 16.5. The van der Waals surface area contributed by atoms with Gasteiger partial charge in [0.05, 0.1) is 13.2 Å². The van der Waals surface area contributed by atoms with E-state index in [4.69, 9.17) is 15.2 Å². The van der Waals surface area contributed by atoms with Crippen molar-refractivity contribution in [1.82, 2.24) is 10.2 Å². The Kier molecular flexibility index (Phi) is 5.08. The first-order chi connectivity index (χ1) is 11.6. The van der Waals surface area contributed by atoms with E-state index in [9.17, 15) is 9.59 Å². The maximum Gasteiger partial charge on any atom is 0.312 e. The van der Waals surface area contributed by atoms with Crippen molar-refractivity contribution in [3.63, 3.8) is 0 Å². The second kappa shape index (κ2) is 7.42. The fraction of sp³-hybridized carbons (Fsp3) is 0.529. The van der Waals surface area contributed by atoms with E-state index in [0.29, 0.717) is 43.4 Å². The van der Waals surface area contributed by atoms with Crippen LogP contribution in [0.1, 0.15) is 36.0 Å². The van der Waals surface area contributed by atoms with E-state index in [1.54, 1.807) is 18.2 Å². The molecule has 2 aliphatic heterocycles. The summed E-state index contributed by atoms with van der Waals surface area (Å²) in [6.45, 7) is 2.26. The minimum absolute atomic E-state index is 0.0327. The molecule has 0 aromatic heterocycles. The van der Waals surface area contributed by atoms with Gasteiger partial charge < -0.3 is 25.4 Å². The molecule has 0 bridgehead atoms. The number of benzene rings is 1. The Bertz CT molecular complexity index is 620. The highest BCUT2D eigenvalue weighted by Gasteiger charge is 2.28. The second-order valence-corrected chi connectivity index (χ2v) is 6.11. The van der Waals surface area contributed by atoms with Crippen LogP contribution >= 0.6 is 0 Å². The molecule has 1 unspecified atom stereocenters. The number of nitrogens with one attached hydrogen (secondary N) is 1. The number of piperidine rings is 1. The van der Waals surface area contributed by atoms with Crippen molar-refractivity contribution < 1.29 is 19.1 Å². The molecule has 0 spiro atoms. The lowest BCUT2D eigenvalue weighted by molar-refractivity contribution is 0.0614. The Hall–Kier alpha value is -2.44. The molecule has 7 nitrogen and oxygen atoms in total. The molecule has 3 amide bonds. The van der Waals surface area contributed by atoms with Gasteiger partial charge in [0.1, 0.15) is 0 Å². The van der Waals surface area contributed by atoms with Gasteiger partial charge in [-0.2, -0.15) is 0 Å². The van der Waals surface area contributed by atoms with Crippen LogP contribution in [0.3, 0.4) is 0 Å². The molecule has 0 saturated carbocycles. The number of hydrogen-bond donors (Lipinski definition) is 2. The van der Waals surface area contributed by atoms with Crippen molar-refractivity contribution in [3.05, 3.63) is 23.8 Å². The van der Waals surface area contributed by atoms with Gasteiger partial charge in [-0.3, -0.25) is 4.79 Å². The molecule has 24 heavy (non-hydrogen) atoms. The van der Waals surface area contributed by atoms with E-state index in [-0.39, 0.29) is 11.9 Å². The number of nitrogens with zero attached hydrogens (tertiary/aromatic N) is 1. The van der Waals surface area contributed by atoms with Crippen LogP contribution in [-0.2, 0) is 0 Å². The number of urea groups is 1. The zero-order valence-electron chi connectivity index (χ0n) is 13.6. The average molecular weight is 333 g/mol. The van der Waals surface area contributed by atoms with Gasteiger partial charge in [-0.1, -0.05) is 0 Å². The highest BCUT2D eigenvalue weighted by molar-refractivity contribution is 5.95. The number of amides is 3. The summed E-state index contributed by atoms with van der Waals surface area (Å²) in [6, 6.07) is 4.70. The summed E-state index contributed by atoms with van der Waals surface area (Å²) < 4.78 is 11.3. The Morgan fingerprint density at radius 1 is 1.17 bits per heavy atom. The largest absolute Gasteiger partial charge is 0.490 e. The fourth-order valence-electron chi connectivity index (χ4n) is 3.16. The van der Waals surface area contributed by atoms with Gasteiger partial charge in [0.2, 0.25) is 0 Å². The molecule has 2 aliphatic rings. The summed E-state index contributed by atoms with van der Waals surface area (Å²) in [5.74, 6) is 1.23. The van der Waals surface area contributed by atoms with Crippen LogP contribution in [0.15, 0.2) is 18.2 Å². The van der Waals surface area contributed by atoms with E-state index < -0.39 is 6.03 Å². The summed E-state index contributed by atoms with van der Waals surface area (Å²) in [5.41, 5.74) is 5.72. The molecule has 0 radical (unpaired) electrons. The molecule has 0 aliphatic carbocycles. The summed E-state index contributed by atoms with van der Waals surface area (Å²) in [7, 11) is 0. The smallest absolute Gasteiger partial charge is 0.312 e. The van der Waals surface area contributed by atoms with Crippen LogP contribution in [0.4, 0.5) is 4.79 Å². The lowest BCUT2D eigenvalue weighted by Crippen LogP contribution is -2.50. The molecule has 1 atom stereocenters. The van der Waals surface area contributed by atoms with E-state index in [0.717, 1.165) is 25.7 Å². The fourth-order valence-corrected chi connectivity index (χ4v) is 3.16. The van der Waals surface area contributed by atoms with Crippen LogP contribution in [0, 0.1) is 0 Å². The van der Waals surface area contributed by atoms with Crippen molar-refractivity contribution in [1.29, 1.82) is 0 Å². The lowest BCUT2D eigenvalue weighted by Gasteiger charge is -2.36. The van der Waals surface area contributed by atoms with Crippen LogP contribution < -0.4 is 20.5 Å². The SMILES string of the molecule is NC(=O)NCC1CCCCN1C(=O)c1ccc2c(c1)OCCCO2. The predicted molar refractivity (Wildman–Crippen MR) is 88.3 cm³/mol. The third-order valence-corrected chi connectivity index (χ3v) is 4.39. The Morgan fingerprint density at radius 2 is 1.96 bits per heavy atom. The van der Waals surface area contributed by atoms with Gasteiger partial charge >= 0.3 is 6.03 Å². The number of primary amides is 1. The molecule has 1 fully saturated rings. The van der Waals surface area contributed by atoms with E-state index in [2.05, 4.69) is 5.32 Å². The third kappa shape index (κ3) is 3.72. The number of ether oxygens (including phenoxy) is 2. The van der Waals surface area contributed by atoms with Gasteiger partial charge in [-0.05, 0) is 37.5 Å². The van der Waals surface area contributed by atoms with Crippen LogP contribution in [0.25, 0.3) is 0 Å². The monoisotopic (exact) mass is 333 g/mol. The first kappa shape index (κ1) is 16.4. The van der Waals surface area contributed by atoms with Crippen molar-refractivity contribution >= 4 is 11.9 Å². The summed E-state index contributed by atoms with van der Waals surface area (Å²) >= 11 is 0. The molecular weight excluding hydrogens is 310 g/mol. The maximum absolute atomic E-state index is 12.9. The summed E-state index contributed by atoms with van der Waals surface area (Å²) in [6.07, 6.45) is 3.68. The number of hydrogen-bond acceptors (Lipinski definition) is 4. The van der Waals surface area contributed by atoms with Crippen molar-refractivity contribution in [2.75, 3.05) is 26.3 Å². The van der Waals surface area contributed by atoms with Gasteiger partial charge in [-0.25, -0.2) is 4.79 Å². The Labute approximate surface area is 141 Å². The normalized spacial score (nSPS) is 20.2. The molecule has 7 heteroatoms. The number of carbonyl (C=O) groups excluding carboxylic acids is 2. The molecule has 2 heterocycles. The molecule has 3 rings (SSSR count). The maximum atomic E-state index is 12.9. The topological polar surface area (TPSA) is 93.9 Å². The standard InChI is InChI=1S/C17H23N3O4/c18-17(22)19-11-13-4-1-2-7-20(13)16(21)12-5-6-14-15(10-12)24-9-3-8-23-14/h5-6,10,13H,1-4,7-9,11H2,(H3,18,19,22). The van der Waals surface area contributed by atoms with Gasteiger partial charge in [0.25, 0.3) is 5.91 Å². The number of rotatable bonds is 3. The third-order valence-electron chi connectivity index (χ3n) is 4.39. The number of nitrogens with two attached hydrogens (primary N) is 1. The van der Waals surface area contributed by atoms with Crippen molar-refractivity contribution in [2.45, 2.75) is 31.7 Å². The Balaban J connectivity index is 1.76. The minimum atomic E-state index is -0.566. The number of likely N-dealkylation sites (tertiary alicyclic amines) is 1. The minimum Gasteiger partial charge on any atom is -0.490 e. The molecular formula is C17H23N3O4. The van der Waals surface area contributed by atoms with Crippen molar-refractivity contribution in [2.24, 2.45) is 5.73 Å². The van der Waals surface area contributed by atoms with Crippen LogP contribution in [0.2, 0.25) is 0 Å². The molecule has 1 saturated heterocycles. The first-order valence-corrected chi connectivity index (χ1v) is 8.39. The zero-order valence-corrected chi connectivity index (χ0v) is 13.6. The van der Waals surface area contributed by atoms with E-state index in [1.165, 1.54) is 0 Å². The van der Waals surface area contributed by atoms with Gasteiger partial charge in [-0.15, -0.1) is 0 Å². The summed E-state index contributed by atoms with van der Waals surface area (Å²) in [4.78, 5) is 25.7. The molecule has 1 aromatic rings. The van der Waals surface area contributed by atoms with Gasteiger partial charge in [0, 0.05) is 31.1 Å². The Morgan fingerprint density at radius 3 is 2.75 bits per heavy atom. The number of carbonyl (C=O) groups is 2. The number of fused-ring (bicyclic) bond motifs is 1. The zero-order chi connectivity index (χ0) is 16.9. The summed E-state index contributed by atoms with van der Waals surface area (Å²) in [5, 5.41) is 2.61.